The zero-order valence-electron chi connectivity index (χ0n) is 12.8. The molecule has 2 aromatic carbocycles. The van der Waals surface area contributed by atoms with Gasteiger partial charge in [-0.15, -0.1) is 10.2 Å². The summed E-state index contributed by atoms with van der Waals surface area (Å²) in [6.45, 7) is 1.95. The highest BCUT2D eigenvalue weighted by atomic mass is 19.4. The van der Waals surface area contributed by atoms with E-state index in [-0.39, 0.29) is 18.1 Å². The van der Waals surface area contributed by atoms with Gasteiger partial charge in [0.15, 0.2) is 0 Å². The fourth-order valence-corrected chi connectivity index (χ4v) is 2.28. The highest BCUT2D eigenvalue weighted by Crippen LogP contribution is 2.34. The van der Waals surface area contributed by atoms with E-state index in [1.54, 1.807) is 0 Å². The van der Waals surface area contributed by atoms with Crippen molar-refractivity contribution in [1.82, 2.24) is 10.2 Å². The van der Waals surface area contributed by atoms with Crippen molar-refractivity contribution in [2.45, 2.75) is 19.6 Å². The van der Waals surface area contributed by atoms with Gasteiger partial charge >= 0.3 is 6.18 Å². The van der Waals surface area contributed by atoms with Crippen molar-refractivity contribution in [3.8, 4) is 11.5 Å². The van der Waals surface area contributed by atoms with Gasteiger partial charge in [0, 0.05) is 11.3 Å². The lowest BCUT2D eigenvalue weighted by atomic mass is 10.1. The Morgan fingerprint density at radius 1 is 1.04 bits per heavy atom. The maximum atomic E-state index is 12.9. The minimum Gasteiger partial charge on any atom is -0.419 e. The number of anilines is 1. The number of aromatic nitrogens is 2. The van der Waals surface area contributed by atoms with Crippen molar-refractivity contribution >= 4 is 5.69 Å². The van der Waals surface area contributed by atoms with Gasteiger partial charge in [-0.2, -0.15) is 13.2 Å². The van der Waals surface area contributed by atoms with Crippen molar-refractivity contribution in [1.29, 1.82) is 0 Å². The number of benzene rings is 2. The number of aryl methyl sites for hydroxylation is 1. The predicted octanol–water partition coefficient (Wildman–Crippen LogP) is 4.68. The third-order valence-corrected chi connectivity index (χ3v) is 3.39. The summed E-state index contributed by atoms with van der Waals surface area (Å²) in [7, 11) is 0. The molecule has 0 fully saturated rings. The maximum Gasteiger partial charge on any atom is 0.418 e. The topological polar surface area (TPSA) is 51.0 Å². The SMILES string of the molecule is Cc1cccc(-c2nnc(CNc3ccccc3C(F)(F)F)o2)c1. The summed E-state index contributed by atoms with van der Waals surface area (Å²) in [6.07, 6.45) is -4.43. The Hall–Kier alpha value is -2.83. The van der Waals surface area contributed by atoms with Gasteiger partial charge in [-0.1, -0.05) is 29.8 Å². The first kappa shape index (κ1) is 16.0. The van der Waals surface area contributed by atoms with Gasteiger partial charge in [-0.05, 0) is 31.2 Å². The molecule has 1 aromatic heterocycles. The van der Waals surface area contributed by atoms with Gasteiger partial charge in [0.2, 0.25) is 11.8 Å². The molecule has 1 heterocycles. The summed E-state index contributed by atoms with van der Waals surface area (Å²) in [5.41, 5.74) is 1.05. The molecule has 4 nitrogen and oxygen atoms in total. The van der Waals surface area contributed by atoms with Gasteiger partial charge in [-0.25, -0.2) is 0 Å². The van der Waals surface area contributed by atoms with Crippen LogP contribution in [0.3, 0.4) is 0 Å². The molecule has 7 heteroatoms. The Balaban J connectivity index is 1.75. The van der Waals surface area contributed by atoms with Crippen LogP contribution in [-0.2, 0) is 12.7 Å². The number of hydrogen-bond donors (Lipinski definition) is 1. The van der Waals surface area contributed by atoms with Crippen LogP contribution in [0.1, 0.15) is 17.0 Å². The first-order valence-electron chi connectivity index (χ1n) is 7.23. The van der Waals surface area contributed by atoms with Crippen LogP contribution < -0.4 is 5.32 Å². The number of nitrogens with zero attached hydrogens (tertiary/aromatic N) is 2. The van der Waals surface area contributed by atoms with Gasteiger partial charge in [0.1, 0.15) is 0 Å². The molecule has 24 heavy (non-hydrogen) atoms. The highest BCUT2D eigenvalue weighted by Gasteiger charge is 2.33. The average molecular weight is 333 g/mol. The van der Waals surface area contributed by atoms with Gasteiger partial charge in [0.05, 0.1) is 12.1 Å². The number of nitrogens with one attached hydrogen (secondary N) is 1. The summed E-state index contributed by atoms with van der Waals surface area (Å²) in [5, 5.41) is 10.5. The second-order valence-corrected chi connectivity index (χ2v) is 5.27. The first-order valence-corrected chi connectivity index (χ1v) is 7.23. The van der Waals surface area contributed by atoms with Crippen molar-refractivity contribution in [3.05, 3.63) is 65.5 Å². The molecule has 0 radical (unpaired) electrons. The monoisotopic (exact) mass is 333 g/mol. The summed E-state index contributed by atoms with van der Waals surface area (Å²) in [5.74, 6) is 0.545. The van der Waals surface area contributed by atoms with E-state index < -0.39 is 11.7 Å². The molecule has 0 bridgehead atoms. The summed E-state index contributed by atoms with van der Waals surface area (Å²) in [6, 6.07) is 12.8. The first-order chi connectivity index (χ1) is 11.4. The molecule has 0 saturated heterocycles. The minimum atomic E-state index is -4.43. The maximum absolute atomic E-state index is 12.9. The van der Waals surface area contributed by atoms with Gasteiger partial charge < -0.3 is 9.73 Å². The van der Waals surface area contributed by atoms with E-state index >= 15 is 0 Å². The summed E-state index contributed by atoms with van der Waals surface area (Å²) >= 11 is 0. The Morgan fingerprint density at radius 2 is 1.83 bits per heavy atom. The number of halogens is 3. The van der Waals surface area contributed by atoms with Gasteiger partial charge in [0.25, 0.3) is 0 Å². The quantitative estimate of drug-likeness (QED) is 0.753. The summed E-state index contributed by atoms with van der Waals surface area (Å²) in [4.78, 5) is 0. The lowest BCUT2D eigenvalue weighted by Gasteiger charge is -2.13. The van der Waals surface area contributed by atoms with Gasteiger partial charge in [-0.3, -0.25) is 0 Å². The molecule has 0 aliphatic heterocycles. The molecule has 124 valence electrons. The smallest absolute Gasteiger partial charge is 0.418 e. The molecule has 0 aliphatic carbocycles. The normalized spacial score (nSPS) is 11.5. The number of alkyl halides is 3. The van der Waals surface area contributed by atoms with Crippen molar-refractivity contribution in [2.75, 3.05) is 5.32 Å². The Kier molecular flexibility index (Phi) is 4.24. The van der Waals surface area contributed by atoms with Crippen LogP contribution in [-0.4, -0.2) is 10.2 Å². The highest BCUT2D eigenvalue weighted by molar-refractivity contribution is 5.54. The van der Waals surface area contributed by atoms with Crippen LogP contribution >= 0.6 is 0 Å². The summed E-state index contributed by atoms with van der Waals surface area (Å²) < 4.78 is 44.3. The molecule has 0 aliphatic rings. The van der Waals surface area contributed by atoms with Crippen molar-refractivity contribution in [2.24, 2.45) is 0 Å². The zero-order valence-corrected chi connectivity index (χ0v) is 12.8. The average Bonchev–Trinajstić information content (AvgIpc) is 3.01. The van der Waals surface area contributed by atoms with Crippen LogP contribution in [0.15, 0.2) is 52.9 Å². The van der Waals surface area contributed by atoms with Crippen LogP contribution in [0.5, 0.6) is 0 Å². The molecule has 3 aromatic rings. The Bertz CT molecular complexity index is 843. The Labute approximate surface area is 136 Å². The molecule has 0 amide bonds. The van der Waals surface area contributed by atoms with Crippen LogP contribution in [0.25, 0.3) is 11.5 Å². The molecular formula is C17H14F3N3O. The Morgan fingerprint density at radius 3 is 2.58 bits per heavy atom. The molecule has 0 spiro atoms. The molecule has 0 atom stereocenters. The number of hydrogen-bond acceptors (Lipinski definition) is 4. The van der Waals surface area contributed by atoms with Crippen molar-refractivity contribution in [3.63, 3.8) is 0 Å². The second kappa shape index (κ2) is 6.35. The van der Waals surface area contributed by atoms with Crippen molar-refractivity contribution < 1.29 is 17.6 Å². The van der Waals surface area contributed by atoms with Crippen LogP contribution in [0, 0.1) is 6.92 Å². The molecule has 3 rings (SSSR count). The van der Waals surface area contributed by atoms with E-state index in [0.717, 1.165) is 17.2 Å². The van der Waals surface area contributed by atoms with Crippen LogP contribution in [0.4, 0.5) is 18.9 Å². The second-order valence-electron chi connectivity index (χ2n) is 5.27. The molecular weight excluding hydrogens is 319 g/mol. The molecule has 0 saturated carbocycles. The van der Waals surface area contributed by atoms with Crippen LogP contribution in [0.2, 0.25) is 0 Å². The van der Waals surface area contributed by atoms with E-state index in [4.69, 9.17) is 4.42 Å². The zero-order chi connectivity index (χ0) is 17.2. The molecule has 0 unspecified atom stereocenters. The van der Waals surface area contributed by atoms with E-state index in [2.05, 4.69) is 15.5 Å². The predicted molar refractivity (Wildman–Crippen MR) is 83.2 cm³/mol. The number of para-hydroxylation sites is 1. The fourth-order valence-electron chi connectivity index (χ4n) is 2.28. The van der Waals surface area contributed by atoms with E-state index in [9.17, 15) is 13.2 Å². The van der Waals surface area contributed by atoms with E-state index in [1.807, 2.05) is 31.2 Å². The fraction of sp³-hybridized carbons (Fsp3) is 0.176. The molecule has 1 N–H and O–H groups in total. The third-order valence-electron chi connectivity index (χ3n) is 3.39. The number of rotatable bonds is 4. The largest absolute Gasteiger partial charge is 0.419 e. The lowest BCUT2D eigenvalue weighted by molar-refractivity contribution is -0.137. The lowest BCUT2D eigenvalue weighted by Crippen LogP contribution is -2.10. The third kappa shape index (κ3) is 3.56. The minimum absolute atomic E-state index is 0.00586. The van der Waals surface area contributed by atoms with E-state index in [0.29, 0.717) is 5.89 Å². The van der Waals surface area contributed by atoms with E-state index in [1.165, 1.54) is 18.2 Å². The standard InChI is InChI=1S/C17H14F3N3O/c1-11-5-4-6-12(9-11)16-23-22-15(24-16)10-21-14-8-3-2-7-13(14)17(18,19)20/h2-9,21H,10H2,1H3.